The van der Waals surface area contributed by atoms with Crippen molar-refractivity contribution < 1.29 is 9.47 Å². The highest BCUT2D eigenvalue weighted by atomic mass is 16.5. The molecule has 1 N–H and O–H groups in total. The van der Waals surface area contributed by atoms with Gasteiger partial charge in [0.15, 0.2) is 11.5 Å². The van der Waals surface area contributed by atoms with Crippen LogP contribution >= 0.6 is 0 Å². The van der Waals surface area contributed by atoms with Crippen LogP contribution in [0.4, 0.5) is 5.95 Å². The van der Waals surface area contributed by atoms with E-state index in [1.54, 1.807) is 11.8 Å². The van der Waals surface area contributed by atoms with Gasteiger partial charge < -0.3 is 14.8 Å². The summed E-state index contributed by atoms with van der Waals surface area (Å²) >= 11 is 0. The summed E-state index contributed by atoms with van der Waals surface area (Å²) in [5, 5.41) is 15.1. The fourth-order valence-corrected chi connectivity index (χ4v) is 2.76. The molecule has 0 bridgehead atoms. The lowest BCUT2D eigenvalue weighted by Crippen LogP contribution is -2.09. The highest BCUT2D eigenvalue weighted by molar-refractivity contribution is 5.44. The van der Waals surface area contributed by atoms with E-state index in [1.807, 2.05) is 18.2 Å². The molecule has 1 aromatic heterocycles. The monoisotopic (exact) mass is 381 g/mol. The Kier molecular flexibility index (Phi) is 6.84. The average molecular weight is 381 g/mol. The van der Waals surface area contributed by atoms with Gasteiger partial charge in [-0.05, 0) is 47.0 Å². The summed E-state index contributed by atoms with van der Waals surface area (Å²) in [6.07, 6.45) is 2.14. The summed E-state index contributed by atoms with van der Waals surface area (Å²) in [4.78, 5) is 0. The summed E-state index contributed by atoms with van der Waals surface area (Å²) in [5.41, 5.74) is 3.42. The maximum absolute atomic E-state index is 5.94. The number of ether oxygens (including phenoxy) is 2. The predicted molar refractivity (Wildman–Crippen MR) is 109 cm³/mol. The number of tetrazole rings is 1. The first-order valence-corrected chi connectivity index (χ1v) is 9.55. The van der Waals surface area contributed by atoms with Crippen molar-refractivity contribution >= 4 is 5.95 Å². The van der Waals surface area contributed by atoms with Gasteiger partial charge in [-0.1, -0.05) is 54.3 Å². The molecule has 0 atom stereocenters. The van der Waals surface area contributed by atoms with Gasteiger partial charge >= 0.3 is 0 Å². The Balaban J connectivity index is 1.61. The minimum atomic E-state index is 0.500. The molecular formula is C21H27N5O2. The minimum Gasteiger partial charge on any atom is -0.493 e. The molecule has 0 spiro atoms. The van der Waals surface area contributed by atoms with Crippen LogP contribution in [0.15, 0.2) is 42.5 Å². The van der Waals surface area contributed by atoms with Crippen LogP contribution in [0.3, 0.4) is 0 Å². The Morgan fingerprint density at radius 3 is 2.57 bits per heavy atom. The Morgan fingerprint density at radius 1 is 1.04 bits per heavy atom. The van der Waals surface area contributed by atoms with E-state index < -0.39 is 0 Å². The summed E-state index contributed by atoms with van der Waals surface area (Å²) in [7, 11) is 1.65. The van der Waals surface area contributed by atoms with Crippen molar-refractivity contribution in [1.29, 1.82) is 0 Å². The Morgan fingerprint density at radius 2 is 1.82 bits per heavy atom. The van der Waals surface area contributed by atoms with E-state index in [-0.39, 0.29) is 0 Å². The number of nitrogens with zero attached hydrogens (tertiary/aromatic N) is 4. The van der Waals surface area contributed by atoms with Gasteiger partial charge in [-0.25, -0.2) is 4.68 Å². The van der Waals surface area contributed by atoms with Crippen molar-refractivity contribution in [2.75, 3.05) is 12.4 Å². The van der Waals surface area contributed by atoms with E-state index in [4.69, 9.17) is 9.47 Å². The summed E-state index contributed by atoms with van der Waals surface area (Å²) < 4.78 is 13.2. The number of aromatic nitrogens is 4. The average Bonchev–Trinajstić information content (AvgIpc) is 3.18. The number of hydrogen-bond acceptors (Lipinski definition) is 6. The second-order valence-corrected chi connectivity index (χ2v) is 6.69. The molecule has 0 aliphatic carbocycles. The van der Waals surface area contributed by atoms with Crippen LogP contribution in [0.2, 0.25) is 0 Å². The van der Waals surface area contributed by atoms with E-state index in [1.165, 1.54) is 5.56 Å². The zero-order valence-corrected chi connectivity index (χ0v) is 16.7. The van der Waals surface area contributed by atoms with Crippen molar-refractivity contribution in [1.82, 2.24) is 20.2 Å². The standard InChI is InChI=1S/C21H27N5O2/c1-4-5-12-26-21(23-24-25-26)22-14-18-10-11-19(20(13-18)27-3)28-15-17-8-6-16(2)7-9-17/h6-11,13H,4-5,12,14-15H2,1-3H3,(H,22,23,25). The summed E-state index contributed by atoms with van der Waals surface area (Å²) in [6.45, 7) is 6.12. The molecule has 148 valence electrons. The lowest BCUT2D eigenvalue weighted by molar-refractivity contribution is 0.284. The molecule has 3 aromatic rings. The van der Waals surface area contributed by atoms with Crippen LogP contribution in [0, 0.1) is 6.92 Å². The molecular weight excluding hydrogens is 354 g/mol. The number of aryl methyl sites for hydroxylation is 2. The molecule has 0 aliphatic rings. The van der Waals surface area contributed by atoms with Crippen LogP contribution < -0.4 is 14.8 Å². The minimum absolute atomic E-state index is 0.500. The largest absolute Gasteiger partial charge is 0.493 e. The Bertz CT molecular complexity index is 877. The second-order valence-electron chi connectivity index (χ2n) is 6.69. The van der Waals surface area contributed by atoms with Crippen LogP contribution in [0.1, 0.15) is 36.5 Å². The Labute approximate surface area is 165 Å². The third kappa shape index (κ3) is 5.22. The van der Waals surface area contributed by atoms with E-state index in [2.05, 4.69) is 59.0 Å². The normalized spacial score (nSPS) is 10.7. The molecule has 0 aliphatic heterocycles. The number of methoxy groups -OCH3 is 1. The molecule has 7 nitrogen and oxygen atoms in total. The van der Waals surface area contributed by atoms with Gasteiger partial charge in [0.1, 0.15) is 6.61 Å². The summed E-state index contributed by atoms with van der Waals surface area (Å²) in [6, 6.07) is 14.2. The van der Waals surface area contributed by atoms with E-state index in [9.17, 15) is 0 Å². The second kappa shape index (κ2) is 9.73. The van der Waals surface area contributed by atoms with Crippen LogP contribution in [0.5, 0.6) is 11.5 Å². The van der Waals surface area contributed by atoms with Crippen molar-refractivity contribution in [3.05, 3.63) is 59.2 Å². The summed E-state index contributed by atoms with van der Waals surface area (Å²) in [5.74, 6) is 2.10. The fourth-order valence-electron chi connectivity index (χ4n) is 2.76. The number of unbranched alkanes of at least 4 members (excludes halogenated alkanes) is 1. The van der Waals surface area contributed by atoms with E-state index >= 15 is 0 Å². The van der Waals surface area contributed by atoms with Crippen molar-refractivity contribution in [3.63, 3.8) is 0 Å². The Hall–Kier alpha value is -3.09. The molecule has 0 radical (unpaired) electrons. The van der Waals surface area contributed by atoms with Crippen molar-refractivity contribution in [2.45, 2.75) is 46.4 Å². The van der Waals surface area contributed by atoms with Crippen molar-refractivity contribution in [3.8, 4) is 11.5 Å². The van der Waals surface area contributed by atoms with Crippen LogP contribution in [-0.2, 0) is 19.7 Å². The molecule has 0 amide bonds. The van der Waals surface area contributed by atoms with Crippen LogP contribution in [0.25, 0.3) is 0 Å². The maximum Gasteiger partial charge on any atom is 0.243 e. The van der Waals surface area contributed by atoms with Gasteiger partial charge in [0, 0.05) is 13.1 Å². The molecule has 0 fully saturated rings. The van der Waals surface area contributed by atoms with E-state index in [0.717, 1.165) is 36.3 Å². The molecule has 7 heteroatoms. The number of nitrogens with one attached hydrogen (secondary N) is 1. The number of benzene rings is 2. The molecule has 2 aromatic carbocycles. The van der Waals surface area contributed by atoms with Gasteiger partial charge in [-0.15, -0.1) is 0 Å². The lowest BCUT2D eigenvalue weighted by Gasteiger charge is -2.13. The fraction of sp³-hybridized carbons (Fsp3) is 0.381. The zero-order chi connectivity index (χ0) is 19.8. The third-order valence-corrected chi connectivity index (χ3v) is 4.45. The number of anilines is 1. The van der Waals surface area contributed by atoms with E-state index in [0.29, 0.717) is 24.8 Å². The third-order valence-electron chi connectivity index (χ3n) is 4.45. The SMILES string of the molecule is CCCCn1nnnc1NCc1ccc(OCc2ccc(C)cc2)c(OC)c1. The molecule has 0 saturated carbocycles. The predicted octanol–water partition coefficient (Wildman–Crippen LogP) is 3.98. The molecule has 1 heterocycles. The molecule has 0 saturated heterocycles. The highest BCUT2D eigenvalue weighted by Crippen LogP contribution is 2.29. The van der Waals surface area contributed by atoms with Gasteiger partial charge in [0.25, 0.3) is 0 Å². The van der Waals surface area contributed by atoms with Gasteiger partial charge in [0.2, 0.25) is 5.95 Å². The van der Waals surface area contributed by atoms with Gasteiger partial charge in [-0.2, -0.15) is 0 Å². The zero-order valence-electron chi connectivity index (χ0n) is 16.7. The van der Waals surface area contributed by atoms with Crippen molar-refractivity contribution in [2.24, 2.45) is 0 Å². The number of hydrogen-bond donors (Lipinski definition) is 1. The van der Waals surface area contributed by atoms with Crippen LogP contribution in [-0.4, -0.2) is 27.3 Å². The first kappa shape index (κ1) is 19.7. The quantitative estimate of drug-likeness (QED) is 0.573. The van der Waals surface area contributed by atoms with Gasteiger partial charge in [-0.3, -0.25) is 0 Å². The first-order valence-electron chi connectivity index (χ1n) is 9.55. The van der Waals surface area contributed by atoms with Gasteiger partial charge in [0.05, 0.1) is 7.11 Å². The number of rotatable bonds is 10. The molecule has 0 unspecified atom stereocenters. The highest BCUT2D eigenvalue weighted by Gasteiger charge is 2.09. The maximum atomic E-state index is 5.94. The molecule has 3 rings (SSSR count). The first-order chi connectivity index (χ1) is 13.7. The lowest BCUT2D eigenvalue weighted by atomic mass is 10.1. The topological polar surface area (TPSA) is 74.1 Å². The molecule has 28 heavy (non-hydrogen) atoms. The smallest absolute Gasteiger partial charge is 0.243 e.